The van der Waals surface area contributed by atoms with Gasteiger partial charge in [0.1, 0.15) is 0 Å². The molecular formula is C24H26. The molecule has 2 aliphatic carbocycles. The van der Waals surface area contributed by atoms with Gasteiger partial charge in [-0.05, 0) is 59.1 Å². The van der Waals surface area contributed by atoms with E-state index in [1.807, 2.05) is 0 Å². The average molecular weight is 314 g/mol. The molecule has 0 amide bonds. The zero-order valence-corrected chi connectivity index (χ0v) is 15.0. The Morgan fingerprint density at radius 3 is 1.54 bits per heavy atom. The summed E-state index contributed by atoms with van der Waals surface area (Å²) in [6, 6.07) is 18.0. The molecule has 2 aromatic rings. The molecule has 122 valence electrons. The van der Waals surface area contributed by atoms with Crippen molar-refractivity contribution >= 4 is 11.1 Å². The van der Waals surface area contributed by atoms with Crippen LogP contribution in [0.5, 0.6) is 0 Å². The number of benzene rings is 2. The SMILES string of the molecule is CCC1=C(C(C)C2=C(CC)Cc3ccccc32)c2ccccc2C1. The van der Waals surface area contributed by atoms with E-state index in [4.69, 9.17) is 0 Å². The summed E-state index contributed by atoms with van der Waals surface area (Å²) in [6.45, 7) is 7.05. The topological polar surface area (TPSA) is 0 Å². The molecule has 4 rings (SSSR count). The molecule has 0 heterocycles. The summed E-state index contributed by atoms with van der Waals surface area (Å²) in [5.41, 5.74) is 12.5. The minimum atomic E-state index is 0.488. The molecule has 2 aliphatic rings. The smallest absolute Gasteiger partial charge is 0.00724 e. The summed E-state index contributed by atoms with van der Waals surface area (Å²) in [7, 11) is 0. The van der Waals surface area contributed by atoms with Gasteiger partial charge in [0.15, 0.2) is 0 Å². The molecule has 24 heavy (non-hydrogen) atoms. The zero-order chi connectivity index (χ0) is 16.7. The minimum absolute atomic E-state index is 0.488. The predicted molar refractivity (Wildman–Crippen MR) is 104 cm³/mol. The van der Waals surface area contributed by atoms with E-state index in [1.165, 1.54) is 22.3 Å². The molecule has 0 aliphatic heterocycles. The van der Waals surface area contributed by atoms with Gasteiger partial charge in [0.25, 0.3) is 0 Å². The van der Waals surface area contributed by atoms with Crippen molar-refractivity contribution in [3.63, 3.8) is 0 Å². The van der Waals surface area contributed by atoms with Gasteiger partial charge in [0.05, 0.1) is 0 Å². The molecule has 0 radical (unpaired) electrons. The first-order chi connectivity index (χ1) is 11.7. The van der Waals surface area contributed by atoms with Gasteiger partial charge in [-0.2, -0.15) is 0 Å². The molecule has 2 aromatic carbocycles. The third-order valence-electron chi connectivity index (χ3n) is 5.90. The highest BCUT2D eigenvalue weighted by Crippen LogP contribution is 2.48. The monoisotopic (exact) mass is 314 g/mol. The second-order valence-corrected chi connectivity index (χ2v) is 7.13. The lowest BCUT2D eigenvalue weighted by molar-refractivity contribution is 0.935. The molecular weight excluding hydrogens is 288 g/mol. The maximum absolute atomic E-state index is 2.43. The first kappa shape index (κ1) is 15.4. The van der Waals surface area contributed by atoms with E-state index in [1.54, 1.807) is 22.3 Å². The van der Waals surface area contributed by atoms with Crippen molar-refractivity contribution < 1.29 is 0 Å². The van der Waals surface area contributed by atoms with Crippen LogP contribution in [0.3, 0.4) is 0 Å². The number of fused-ring (bicyclic) bond motifs is 2. The minimum Gasteiger partial charge on any atom is -0.0619 e. The Bertz CT molecular complexity index is 776. The lowest BCUT2D eigenvalue weighted by atomic mass is 9.83. The van der Waals surface area contributed by atoms with Crippen LogP contribution in [0.4, 0.5) is 0 Å². The van der Waals surface area contributed by atoms with Crippen molar-refractivity contribution in [3.8, 4) is 0 Å². The summed E-state index contributed by atoms with van der Waals surface area (Å²) < 4.78 is 0. The van der Waals surface area contributed by atoms with Crippen molar-refractivity contribution in [3.05, 3.63) is 81.9 Å². The third kappa shape index (κ3) is 2.28. The van der Waals surface area contributed by atoms with Crippen LogP contribution in [0.1, 0.15) is 55.9 Å². The van der Waals surface area contributed by atoms with E-state index in [0.717, 1.165) is 25.7 Å². The van der Waals surface area contributed by atoms with Gasteiger partial charge in [-0.1, -0.05) is 80.4 Å². The summed E-state index contributed by atoms with van der Waals surface area (Å²) in [5, 5.41) is 0. The lowest BCUT2D eigenvalue weighted by Gasteiger charge is -2.21. The van der Waals surface area contributed by atoms with Crippen molar-refractivity contribution in [2.24, 2.45) is 5.92 Å². The fourth-order valence-electron chi connectivity index (χ4n) is 4.76. The summed E-state index contributed by atoms with van der Waals surface area (Å²) >= 11 is 0. The van der Waals surface area contributed by atoms with E-state index in [9.17, 15) is 0 Å². The van der Waals surface area contributed by atoms with Crippen LogP contribution in [0.15, 0.2) is 59.7 Å². The zero-order valence-electron chi connectivity index (χ0n) is 15.0. The highest BCUT2D eigenvalue weighted by molar-refractivity contribution is 5.90. The van der Waals surface area contributed by atoms with Crippen molar-refractivity contribution in [2.45, 2.75) is 46.5 Å². The van der Waals surface area contributed by atoms with E-state index < -0.39 is 0 Å². The van der Waals surface area contributed by atoms with E-state index in [0.29, 0.717) is 5.92 Å². The van der Waals surface area contributed by atoms with Gasteiger partial charge in [0, 0.05) is 5.92 Å². The first-order valence-electron chi connectivity index (χ1n) is 9.34. The Hall–Kier alpha value is -2.08. The quantitative estimate of drug-likeness (QED) is 0.607. The second-order valence-electron chi connectivity index (χ2n) is 7.13. The van der Waals surface area contributed by atoms with Crippen molar-refractivity contribution in [1.82, 2.24) is 0 Å². The number of rotatable bonds is 4. The van der Waals surface area contributed by atoms with Gasteiger partial charge in [0.2, 0.25) is 0 Å². The molecule has 0 aromatic heterocycles. The molecule has 0 spiro atoms. The molecule has 0 bridgehead atoms. The number of hydrogen-bond donors (Lipinski definition) is 0. The second kappa shape index (κ2) is 6.09. The normalized spacial score (nSPS) is 16.2. The van der Waals surface area contributed by atoms with Crippen LogP contribution in [0.2, 0.25) is 0 Å². The van der Waals surface area contributed by atoms with E-state index >= 15 is 0 Å². The standard InChI is InChI=1S/C24H26/c1-4-17-14-19-10-6-8-12-21(19)23(17)16(3)24-18(5-2)15-20-11-7-9-13-22(20)24/h6-13,16H,4-5,14-15H2,1-3H3. The number of hydrogen-bond acceptors (Lipinski definition) is 0. The maximum atomic E-state index is 2.43. The van der Waals surface area contributed by atoms with Gasteiger partial charge in [-0.15, -0.1) is 0 Å². The van der Waals surface area contributed by atoms with Crippen molar-refractivity contribution in [2.75, 3.05) is 0 Å². The fraction of sp³-hybridized carbons (Fsp3) is 0.333. The number of allylic oxidation sites excluding steroid dienone is 4. The Morgan fingerprint density at radius 2 is 1.12 bits per heavy atom. The average Bonchev–Trinajstić information content (AvgIpc) is 3.18. The summed E-state index contributed by atoms with van der Waals surface area (Å²) in [4.78, 5) is 0. The molecule has 0 heteroatoms. The van der Waals surface area contributed by atoms with Gasteiger partial charge in [-0.3, -0.25) is 0 Å². The van der Waals surface area contributed by atoms with Crippen LogP contribution in [-0.4, -0.2) is 0 Å². The first-order valence-corrected chi connectivity index (χ1v) is 9.34. The van der Waals surface area contributed by atoms with Crippen LogP contribution < -0.4 is 0 Å². The van der Waals surface area contributed by atoms with Gasteiger partial charge < -0.3 is 0 Å². The highest BCUT2D eigenvalue weighted by Gasteiger charge is 2.31. The Balaban J connectivity index is 1.85. The van der Waals surface area contributed by atoms with E-state index in [2.05, 4.69) is 69.3 Å². The molecule has 0 atom stereocenters. The van der Waals surface area contributed by atoms with Crippen LogP contribution in [0.25, 0.3) is 11.1 Å². The lowest BCUT2D eigenvalue weighted by Crippen LogP contribution is -2.04. The van der Waals surface area contributed by atoms with Crippen molar-refractivity contribution in [1.29, 1.82) is 0 Å². The maximum Gasteiger partial charge on any atom is 0.00724 e. The van der Waals surface area contributed by atoms with Gasteiger partial charge in [-0.25, -0.2) is 0 Å². The summed E-state index contributed by atoms with van der Waals surface area (Å²) in [5.74, 6) is 0.488. The van der Waals surface area contributed by atoms with Gasteiger partial charge >= 0.3 is 0 Å². The Morgan fingerprint density at radius 1 is 0.708 bits per heavy atom. The highest BCUT2D eigenvalue weighted by atomic mass is 14.3. The predicted octanol–water partition coefficient (Wildman–Crippen LogP) is 6.46. The molecule has 0 saturated carbocycles. The molecule has 0 nitrogen and oxygen atoms in total. The molecule has 0 unspecified atom stereocenters. The molecule has 0 fully saturated rings. The molecule has 0 N–H and O–H groups in total. The van der Waals surface area contributed by atoms with Crippen LogP contribution in [-0.2, 0) is 12.8 Å². The summed E-state index contributed by atoms with van der Waals surface area (Å²) in [6.07, 6.45) is 4.60. The Kier molecular flexibility index (Phi) is 3.92. The molecule has 0 saturated heterocycles. The van der Waals surface area contributed by atoms with Crippen LogP contribution in [0, 0.1) is 5.92 Å². The third-order valence-corrected chi connectivity index (χ3v) is 5.90. The van der Waals surface area contributed by atoms with E-state index in [-0.39, 0.29) is 0 Å². The van der Waals surface area contributed by atoms with Crippen LogP contribution >= 0.6 is 0 Å². The largest absolute Gasteiger partial charge is 0.0619 e. The fourth-order valence-corrected chi connectivity index (χ4v) is 4.76. The Labute approximate surface area is 145 Å².